The van der Waals surface area contributed by atoms with E-state index in [1.54, 1.807) is 12.3 Å². The van der Waals surface area contributed by atoms with Crippen molar-refractivity contribution in [1.29, 1.82) is 0 Å². The summed E-state index contributed by atoms with van der Waals surface area (Å²) >= 11 is 0. The van der Waals surface area contributed by atoms with Crippen molar-refractivity contribution in [2.45, 2.75) is 19.4 Å². The Morgan fingerprint density at radius 1 is 0.941 bits per heavy atom. The standard InChI is InChI=1S/C26H27FN4O3/c27-19-4-5-22-20(14-19)25(21(15-28-22)26(32)31-7-1-2-8-31)30-11-9-29(10-12-30)16-18-3-6-23-24(13-18)34-17-33-23/h3-6,13-15H,1-2,7-12,16-17H2. The minimum absolute atomic E-state index is 0.00560. The first-order chi connectivity index (χ1) is 16.7. The number of hydrogen-bond acceptors (Lipinski definition) is 6. The van der Waals surface area contributed by atoms with E-state index in [4.69, 9.17) is 9.47 Å². The number of piperazine rings is 1. The van der Waals surface area contributed by atoms with Gasteiger partial charge < -0.3 is 19.3 Å². The van der Waals surface area contributed by atoms with Crippen LogP contribution in [0.1, 0.15) is 28.8 Å². The molecule has 1 amide bonds. The van der Waals surface area contributed by atoms with E-state index < -0.39 is 0 Å². The molecule has 8 heteroatoms. The van der Waals surface area contributed by atoms with Gasteiger partial charge in [-0.25, -0.2) is 4.39 Å². The van der Waals surface area contributed by atoms with Gasteiger partial charge in [0.15, 0.2) is 11.5 Å². The van der Waals surface area contributed by atoms with Gasteiger partial charge in [0.05, 0.1) is 16.8 Å². The Balaban J connectivity index is 1.25. The fraction of sp³-hybridized carbons (Fsp3) is 0.385. The first kappa shape index (κ1) is 21.2. The number of hydrogen-bond donors (Lipinski definition) is 0. The number of benzene rings is 2. The van der Waals surface area contributed by atoms with Gasteiger partial charge in [0, 0.05) is 57.4 Å². The molecular weight excluding hydrogens is 435 g/mol. The van der Waals surface area contributed by atoms with Crippen LogP contribution in [-0.4, -0.2) is 66.8 Å². The lowest BCUT2D eigenvalue weighted by atomic mass is 10.1. The van der Waals surface area contributed by atoms with E-state index in [-0.39, 0.29) is 18.5 Å². The lowest BCUT2D eigenvalue weighted by Gasteiger charge is -2.37. The van der Waals surface area contributed by atoms with E-state index in [2.05, 4.69) is 20.9 Å². The molecule has 3 aromatic rings. The normalized spacial score (nSPS) is 18.1. The van der Waals surface area contributed by atoms with E-state index in [9.17, 15) is 9.18 Å². The summed E-state index contributed by atoms with van der Waals surface area (Å²) in [7, 11) is 0. The molecule has 0 saturated carbocycles. The highest BCUT2D eigenvalue weighted by Gasteiger charge is 2.28. The maximum atomic E-state index is 14.2. The molecule has 0 spiro atoms. The summed E-state index contributed by atoms with van der Waals surface area (Å²) in [5, 5.41) is 0.703. The third-order valence-corrected chi connectivity index (χ3v) is 6.96. The van der Waals surface area contributed by atoms with E-state index in [0.29, 0.717) is 16.5 Å². The predicted molar refractivity (Wildman–Crippen MR) is 127 cm³/mol. The quantitative estimate of drug-likeness (QED) is 0.590. The zero-order valence-electron chi connectivity index (χ0n) is 19.0. The molecule has 0 N–H and O–H groups in total. The molecule has 3 aliphatic rings. The Labute approximate surface area is 197 Å². The number of anilines is 1. The van der Waals surface area contributed by atoms with Gasteiger partial charge in [-0.2, -0.15) is 0 Å². The molecular formula is C26H27FN4O3. The van der Waals surface area contributed by atoms with Crippen LogP contribution in [0.5, 0.6) is 11.5 Å². The Kier molecular flexibility index (Phi) is 5.45. The van der Waals surface area contributed by atoms with Crippen molar-refractivity contribution < 1.29 is 18.7 Å². The zero-order chi connectivity index (χ0) is 23.1. The zero-order valence-corrected chi connectivity index (χ0v) is 19.0. The largest absolute Gasteiger partial charge is 0.454 e. The minimum atomic E-state index is -0.317. The lowest BCUT2D eigenvalue weighted by molar-refractivity contribution is 0.0793. The highest BCUT2D eigenvalue weighted by molar-refractivity contribution is 6.07. The van der Waals surface area contributed by atoms with E-state index >= 15 is 0 Å². The van der Waals surface area contributed by atoms with Gasteiger partial charge >= 0.3 is 0 Å². The third kappa shape index (κ3) is 3.92. The summed E-state index contributed by atoms with van der Waals surface area (Å²) in [5.41, 5.74) is 3.27. The van der Waals surface area contributed by atoms with Gasteiger partial charge in [-0.05, 0) is 48.7 Å². The van der Waals surface area contributed by atoms with Crippen LogP contribution in [0.25, 0.3) is 10.9 Å². The highest BCUT2D eigenvalue weighted by Crippen LogP contribution is 2.34. The third-order valence-electron chi connectivity index (χ3n) is 6.96. The number of nitrogens with zero attached hydrogens (tertiary/aromatic N) is 4. The van der Waals surface area contributed by atoms with Crippen LogP contribution in [0, 0.1) is 5.82 Å². The lowest BCUT2D eigenvalue weighted by Crippen LogP contribution is -2.46. The molecule has 0 radical (unpaired) electrons. The van der Waals surface area contributed by atoms with Gasteiger partial charge in [-0.15, -0.1) is 0 Å². The SMILES string of the molecule is O=C(c1cnc2ccc(F)cc2c1N1CCN(Cc2ccc3c(c2)OCO3)CC1)N1CCCC1. The number of halogens is 1. The van der Waals surface area contributed by atoms with Crippen LogP contribution in [0.2, 0.25) is 0 Å². The molecule has 0 bridgehead atoms. The van der Waals surface area contributed by atoms with Crippen LogP contribution in [0.15, 0.2) is 42.6 Å². The number of carbonyl (C=O) groups is 1. The molecule has 3 aliphatic heterocycles. The molecule has 1 aromatic heterocycles. The molecule has 2 fully saturated rings. The van der Waals surface area contributed by atoms with Crippen molar-refractivity contribution in [1.82, 2.24) is 14.8 Å². The maximum Gasteiger partial charge on any atom is 0.257 e. The number of rotatable bonds is 4. The summed E-state index contributed by atoms with van der Waals surface area (Å²) in [6.07, 6.45) is 3.72. The number of carbonyl (C=O) groups excluding carboxylic acids is 1. The van der Waals surface area contributed by atoms with Crippen molar-refractivity contribution >= 4 is 22.5 Å². The van der Waals surface area contributed by atoms with Gasteiger partial charge in [-0.3, -0.25) is 14.7 Å². The molecule has 34 heavy (non-hydrogen) atoms. The Morgan fingerprint density at radius 2 is 1.74 bits per heavy atom. The summed E-state index contributed by atoms with van der Waals surface area (Å²) in [4.78, 5) is 24.4. The van der Waals surface area contributed by atoms with Crippen LogP contribution < -0.4 is 14.4 Å². The number of likely N-dealkylation sites (tertiary alicyclic amines) is 1. The van der Waals surface area contributed by atoms with Crippen LogP contribution in [-0.2, 0) is 6.54 Å². The van der Waals surface area contributed by atoms with Crippen LogP contribution in [0.4, 0.5) is 10.1 Å². The van der Waals surface area contributed by atoms with E-state index in [1.807, 2.05) is 17.0 Å². The average Bonchev–Trinajstić information content (AvgIpc) is 3.55. The number of ether oxygens (including phenoxy) is 2. The summed E-state index contributed by atoms with van der Waals surface area (Å²) in [6.45, 7) is 5.80. The molecule has 4 heterocycles. The maximum absolute atomic E-state index is 14.2. The molecule has 0 aliphatic carbocycles. The van der Waals surface area contributed by atoms with Crippen molar-refractivity contribution in [3.8, 4) is 11.5 Å². The molecule has 6 rings (SSSR count). The minimum Gasteiger partial charge on any atom is -0.454 e. The molecule has 2 aromatic carbocycles. The monoisotopic (exact) mass is 462 g/mol. The fourth-order valence-electron chi connectivity index (χ4n) is 5.17. The highest BCUT2D eigenvalue weighted by atomic mass is 19.1. The van der Waals surface area contributed by atoms with Gasteiger partial charge in [0.1, 0.15) is 5.82 Å². The van der Waals surface area contributed by atoms with Crippen LogP contribution >= 0.6 is 0 Å². The topological polar surface area (TPSA) is 58.1 Å². The second kappa shape index (κ2) is 8.76. The van der Waals surface area contributed by atoms with Crippen molar-refractivity contribution in [3.63, 3.8) is 0 Å². The predicted octanol–water partition coefficient (Wildman–Crippen LogP) is 3.66. The van der Waals surface area contributed by atoms with E-state index in [0.717, 1.165) is 75.8 Å². The van der Waals surface area contributed by atoms with Gasteiger partial charge in [-0.1, -0.05) is 6.07 Å². The van der Waals surface area contributed by atoms with E-state index in [1.165, 1.54) is 17.7 Å². The molecule has 0 atom stereocenters. The number of aromatic nitrogens is 1. The van der Waals surface area contributed by atoms with Crippen molar-refractivity contribution in [2.24, 2.45) is 0 Å². The van der Waals surface area contributed by atoms with Crippen molar-refractivity contribution in [2.75, 3.05) is 51.0 Å². The fourth-order valence-corrected chi connectivity index (χ4v) is 5.17. The first-order valence-corrected chi connectivity index (χ1v) is 11.9. The van der Waals surface area contributed by atoms with Crippen molar-refractivity contribution in [3.05, 3.63) is 59.5 Å². The first-order valence-electron chi connectivity index (χ1n) is 11.9. The van der Waals surface area contributed by atoms with Gasteiger partial charge in [0.2, 0.25) is 6.79 Å². The average molecular weight is 463 g/mol. The Morgan fingerprint density at radius 3 is 2.56 bits per heavy atom. The number of fused-ring (bicyclic) bond motifs is 2. The second-order valence-corrected chi connectivity index (χ2v) is 9.13. The molecule has 176 valence electrons. The number of pyridine rings is 1. The smallest absolute Gasteiger partial charge is 0.257 e. The van der Waals surface area contributed by atoms with Gasteiger partial charge in [0.25, 0.3) is 5.91 Å². The molecule has 2 saturated heterocycles. The Bertz CT molecular complexity index is 1240. The summed E-state index contributed by atoms with van der Waals surface area (Å²) < 4.78 is 25.2. The number of amides is 1. The molecule has 0 unspecified atom stereocenters. The summed E-state index contributed by atoms with van der Waals surface area (Å²) in [6, 6.07) is 10.7. The summed E-state index contributed by atoms with van der Waals surface area (Å²) in [5.74, 6) is 1.27. The second-order valence-electron chi connectivity index (χ2n) is 9.13. The Hall–Kier alpha value is -3.39. The molecule has 7 nitrogen and oxygen atoms in total. The van der Waals surface area contributed by atoms with Crippen LogP contribution in [0.3, 0.4) is 0 Å².